The van der Waals surface area contributed by atoms with E-state index < -0.39 is 0 Å². The first-order valence-electron chi connectivity index (χ1n) is 8.96. The number of hydrogen-bond acceptors (Lipinski definition) is 2. The number of carbonyl (C=O) groups is 1. The average Bonchev–Trinajstić information content (AvgIpc) is 3.14. The number of fused-ring (bicyclic) bond motifs is 1. The van der Waals surface area contributed by atoms with Crippen LogP contribution >= 0.6 is 11.6 Å². The summed E-state index contributed by atoms with van der Waals surface area (Å²) in [4.78, 5) is 12.6. The first-order chi connectivity index (χ1) is 13.7. The van der Waals surface area contributed by atoms with E-state index in [1.165, 1.54) is 6.08 Å². The van der Waals surface area contributed by atoms with E-state index in [-0.39, 0.29) is 11.9 Å². The highest BCUT2D eigenvalue weighted by Gasteiger charge is 2.15. The summed E-state index contributed by atoms with van der Waals surface area (Å²) in [5, 5.41) is 4.62. The summed E-state index contributed by atoms with van der Waals surface area (Å²) < 4.78 is 5.72. The number of amides is 1. The molecule has 1 amide bonds. The SMILES string of the molecule is O=C(C=Cc1cc2cc(Cl)ccc2o1)NC(c1ccccc1)c1ccccc1. The maximum Gasteiger partial charge on any atom is 0.244 e. The van der Waals surface area contributed by atoms with Crippen LogP contribution in [0.25, 0.3) is 17.0 Å². The minimum Gasteiger partial charge on any atom is -0.457 e. The first-order valence-corrected chi connectivity index (χ1v) is 9.34. The maximum atomic E-state index is 12.6. The topological polar surface area (TPSA) is 42.2 Å². The molecule has 4 heteroatoms. The van der Waals surface area contributed by atoms with E-state index in [4.69, 9.17) is 16.0 Å². The van der Waals surface area contributed by atoms with E-state index in [2.05, 4.69) is 5.32 Å². The van der Waals surface area contributed by atoms with Crippen molar-refractivity contribution in [3.63, 3.8) is 0 Å². The highest BCUT2D eigenvalue weighted by Crippen LogP contribution is 2.24. The van der Waals surface area contributed by atoms with Gasteiger partial charge in [-0.2, -0.15) is 0 Å². The van der Waals surface area contributed by atoms with Crippen molar-refractivity contribution in [2.45, 2.75) is 6.04 Å². The number of furan rings is 1. The maximum absolute atomic E-state index is 12.6. The lowest BCUT2D eigenvalue weighted by atomic mass is 9.99. The molecule has 4 rings (SSSR count). The zero-order chi connectivity index (χ0) is 19.3. The minimum atomic E-state index is -0.228. The molecule has 4 aromatic rings. The molecule has 1 N–H and O–H groups in total. The van der Waals surface area contributed by atoms with Gasteiger partial charge in [-0.1, -0.05) is 72.3 Å². The summed E-state index contributed by atoms with van der Waals surface area (Å²) >= 11 is 6.01. The molecular weight excluding hydrogens is 370 g/mol. The number of benzene rings is 3. The van der Waals surface area contributed by atoms with Gasteiger partial charge >= 0.3 is 0 Å². The summed E-state index contributed by atoms with van der Waals surface area (Å²) in [5.74, 6) is 0.402. The van der Waals surface area contributed by atoms with Crippen molar-refractivity contribution in [1.82, 2.24) is 5.32 Å². The lowest BCUT2D eigenvalue weighted by Gasteiger charge is -2.19. The molecule has 1 aromatic heterocycles. The van der Waals surface area contributed by atoms with Gasteiger partial charge in [0, 0.05) is 16.5 Å². The monoisotopic (exact) mass is 387 g/mol. The third-order valence-electron chi connectivity index (χ3n) is 4.45. The van der Waals surface area contributed by atoms with Crippen LogP contribution in [0.15, 0.2) is 95.4 Å². The number of rotatable bonds is 5. The third-order valence-corrected chi connectivity index (χ3v) is 4.68. The molecule has 0 saturated heterocycles. The van der Waals surface area contributed by atoms with Crippen molar-refractivity contribution in [3.05, 3.63) is 113 Å². The fourth-order valence-electron chi connectivity index (χ4n) is 3.12. The van der Waals surface area contributed by atoms with Gasteiger partial charge in [-0.25, -0.2) is 0 Å². The van der Waals surface area contributed by atoms with E-state index >= 15 is 0 Å². The van der Waals surface area contributed by atoms with Crippen molar-refractivity contribution in [1.29, 1.82) is 0 Å². The number of halogens is 1. The molecular formula is C24H18ClNO2. The van der Waals surface area contributed by atoms with Crippen LogP contribution in [0, 0.1) is 0 Å². The smallest absolute Gasteiger partial charge is 0.244 e. The van der Waals surface area contributed by atoms with Gasteiger partial charge in [-0.15, -0.1) is 0 Å². The van der Waals surface area contributed by atoms with E-state index in [0.29, 0.717) is 10.8 Å². The standard InChI is InChI=1S/C24H18ClNO2/c25-20-11-13-22-19(15-20)16-21(28-22)12-14-23(27)26-24(17-7-3-1-4-8-17)18-9-5-2-6-10-18/h1-16,24H,(H,26,27). The number of nitrogens with one attached hydrogen (secondary N) is 1. The van der Waals surface area contributed by atoms with Crippen LogP contribution in [0.1, 0.15) is 22.9 Å². The fraction of sp³-hybridized carbons (Fsp3) is 0.0417. The molecule has 0 bridgehead atoms. The Hall–Kier alpha value is -3.30. The zero-order valence-electron chi connectivity index (χ0n) is 15.0. The molecule has 138 valence electrons. The molecule has 0 aliphatic carbocycles. The van der Waals surface area contributed by atoms with Crippen LogP contribution in [-0.2, 0) is 4.79 Å². The Morgan fingerprint density at radius 3 is 2.18 bits per heavy atom. The Bertz CT molecular complexity index is 1080. The van der Waals surface area contributed by atoms with E-state index in [1.807, 2.05) is 78.9 Å². The normalized spacial score (nSPS) is 11.4. The summed E-state index contributed by atoms with van der Waals surface area (Å²) in [5.41, 5.74) is 2.78. The molecule has 0 aliphatic rings. The second kappa shape index (κ2) is 8.15. The van der Waals surface area contributed by atoms with E-state index in [9.17, 15) is 4.79 Å². The van der Waals surface area contributed by atoms with Crippen LogP contribution in [-0.4, -0.2) is 5.91 Å². The number of carbonyl (C=O) groups excluding carboxylic acids is 1. The van der Waals surface area contributed by atoms with Gasteiger partial charge in [0.2, 0.25) is 5.91 Å². The second-order valence-corrected chi connectivity index (χ2v) is 6.86. The van der Waals surface area contributed by atoms with Gasteiger partial charge in [0.1, 0.15) is 11.3 Å². The Balaban J connectivity index is 1.54. The fourth-order valence-corrected chi connectivity index (χ4v) is 3.30. The van der Waals surface area contributed by atoms with Gasteiger partial charge < -0.3 is 9.73 Å². The lowest BCUT2D eigenvalue weighted by Crippen LogP contribution is -2.27. The van der Waals surface area contributed by atoms with Gasteiger partial charge in [0.05, 0.1) is 6.04 Å². The van der Waals surface area contributed by atoms with Crippen LogP contribution in [0.2, 0.25) is 5.02 Å². The average molecular weight is 388 g/mol. The van der Waals surface area contributed by atoms with Crippen molar-refractivity contribution >= 4 is 34.6 Å². The minimum absolute atomic E-state index is 0.198. The van der Waals surface area contributed by atoms with E-state index in [0.717, 1.165) is 22.1 Å². The van der Waals surface area contributed by atoms with Crippen molar-refractivity contribution in [2.24, 2.45) is 0 Å². The molecule has 0 radical (unpaired) electrons. The van der Waals surface area contributed by atoms with Crippen molar-refractivity contribution in [3.8, 4) is 0 Å². The van der Waals surface area contributed by atoms with Gasteiger partial charge in [0.15, 0.2) is 0 Å². The summed E-state index contributed by atoms with van der Waals surface area (Å²) in [7, 11) is 0. The predicted octanol–water partition coefficient (Wildman–Crippen LogP) is 6.01. The summed E-state index contributed by atoms with van der Waals surface area (Å²) in [6.07, 6.45) is 3.15. The molecule has 28 heavy (non-hydrogen) atoms. The third kappa shape index (κ3) is 4.16. The summed E-state index contributed by atoms with van der Waals surface area (Å²) in [6.45, 7) is 0. The molecule has 3 nitrogen and oxygen atoms in total. The molecule has 0 unspecified atom stereocenters. The predicted molar refractivity (Wildman–Crippen MR) is 113 cm³/mol. The highest BCUT2D eigenvalue weighted by molar-refractivity contribution is 6.31. The first kappa shape index (κ1) is 18.1. The van der Waals surface area contributed by atoms with Crippen LogP contribution in [0.5, 0.6) is 0 Å². The Morgan fingerprint density at radius 1 is 0.893 bits per heavy atom. The Labute approximate surface area is 168 Å². The second-order valence-electron chi connectivity index (χ2n) is 6.43. The molecule has 1 heterocycles. The van der Waals surface area contributed by atoms with Crippen molar-refractivity contribution < 1.29 is 9.21 Å². The molecule has 0 aliphatic heterocycles. The lowest BCUT2D eigenvalue weighted by molar-refractivity contribution is -0.116. The largest absolute Gasteiger partial charge is 0.457 e. The van der Waals surface area contributed by atoms with Gasteiger partial charge in [-0.05, 0) is 41.5 Å². The number of hydrogen-bond donors (Lipinski definition) is 1. The van der Waals surface area contributed by atoms with E-state index in [1.54, 1.807) is 12.1 Å². The molecule has 0 fully saturated rings. The van der Waals surface area contributed by atoms with Crippen LogP contribution < -0.4 is 5.32 Å². The molecule has 0 atom stereocenters. The van der Waals surface area contributed by atoms with Crippen LogP contribution in [0.4, 0.5) is 0 Å². The van der Waals surface area contributed by atoms with Crippen LogP contribution in [0.3, 0.4) is 0 Å². The quantitative estimate of drug-likeness (QED) is 0.426. The summed E-state index contributed by atoms with van der Waals surface area (Å²) in [6, 6.07) is 26.9. The zero-order valence-corrected chi connectivity index (χ0v) is 15.8. The van der Waals surface area contributed by atoms with Gasteiger partial charge in [0.25, 0.3) is 0 Å². The Kier molecular flexibility index (Phi) is 5.27. The Morgan fingerprint density at radius 2 is 1.54 bits per heavy atom. The highest BCUT2D eigenvalue weighted by atomic mass is 35.5. The molecule has 0 saturated carbocycles. The molecule has 0 spiro atoms. The van der Waals surface area contributed by atoms with Crippen molar-refractivity contribution in [2.75, 3.05) is 0 Å². The molecule has 3 aromatic carbocycles. The van der Waals surface area contributed by atoms with Gasteiger partial charge in [-0.3, -0.25) is 4.79 Å².